The Labute approximate surface area is 110 Å². The lowest BCUT2D eigenvalue weighted by Gasteiger charge is -2.12. The highest BCUT2D eigenvalue weighted by Gasteiger charge is 2.68. The molecule has 104 valence electrons. The van der Waals surface area contributed by atoms with Gasteiger partial charge in [-0.05, 0) is 16.9 Å². The molecule has 0 bridgehead atoms. The van der Waals surface area contributed by atoms with Gasteiger partial charge in [0.2, 0.25) is 0 Å². The van der Waals surface area contributed by atoms with Crippen molar-refractivity contribution in [3.05, 3.63) is 35.4 Å². The molecule has 4 heteroatoms. The number of carbonyl (C=O) groups excluding carboxylic acids is 1. The summed E-state index contributed by atoms with van der Waals surface area (Å²) in [5.74, 6) is -0.758. The van der Waals surface area contributed by atoms with Crippen LogP contribution in [0.5, 0.6) is 0 Å². The molecular weight excluding hydrogens is 253 g/mol. The third-order valence-corrected chi connectivity index (χ3v) is 4.78. The highest BCUT2D eigenvalue weighted by molar-refractivity contribution is 6.02. The van der Waals surface area contributed by atoms with Crippen molar-refractivity contribution in [3.63, 3.8) is 0 Å². The first kappa shape index (κ1) is 14.1. The average Bonchev–Trinajstić information content (AvgIpc) is 2.67. The molecule has 1 fully saturated rings. The minimum Gasteiger partial charge on any atom is -0.294 e. The van der Waals surface area contributed by atoms with Crippen LogP contribution in [0.4, 0.5) is 13.2 Å². The van der Waals surface area contributed by atoms with Gasteiger partial charge in [0.05, 0.1) is 5.56 Å². The van der Waals surface area contributed by atoms with Gasteiger partial charge in [0.1, 0.15) is 0 Å². The molecule has 19 heavy (non-hydrogen) atoms. The zero-order valence-corrected chi connectivity index (χ0v) is 11.4. The van der Waals surface area contributed by atoms with E-state index in [1.807, 2.05) is 27.7 Å². The summed E-state index contributed by atoms with van der Waals surface area (Å²) in [5.41, 5.74) is -1.57. The zero-order chi connectivity index (χ0) is 14.6. The smallest absolute Gasteiger partial charge is 0.294 e. The summed E-state index contributed by atoms with van der Waals surface area (Å²) in [6.45, 7) is 7.69. The Morgan fingerprint density at radius 1 is 1.05 bits per heavy atom. The largest absolute Gasteiger partial charge is 0.417 e. The van der Waals surface area contributed by atoms with Gasteiger partial charge < -0.3 is 0 Å². The van der Waals surface area contributed by atoms with Crippen molar-refractivity contribution in [2.45, 2.75) is 33.9 Å². The van der Waals surface area contributed by atoms with Crippen molar-refractivity contribution in [2.75, 3.05) is 0 Å². The van der Waals surface area contributed by atoms with E-state index in [0.717, 1.165) is 6.07 Å². The molecule has 0 aromatic heterocycles. The number of alkyl halides is 3. The number of hydrogen-bond acceptors (Lipinski definition) is 1. The zero-order valence-electron chi connectivity index (χ0n) is 11.4. The molecule has 0 saturated heterocycles. The number of benzene rings is 1. The predicted molar refractivity (Wildman–Crippen MR) is 66.8 cm³/mol. The Kier molecular flexibility index (Phi) is 2.85. The molecule has 1 aliphatic rings. The van der Waals surface area contributed by atoms with Crippen LogP contribution < -0.4 is 0 Å². The maximum Gasteiger partial charge on any atom is 0.417 e. The molecule has 0 atom stereocenters. The van der Waals surface area contributed by atoms with Gasteiger partial charge in [-0.25, -0.2) is 0 Å². The number of ketones is 1. The van der Waals surface area contributed by atoms with Crippen LogP contribution in [0.25, 0.3) is 0 Å². The van der Waals surface area contributed by atoms with E-state index in [2.05, 4.69) is 0 Å². The molecule has 0 radical (unpaired) electrons. The van der Waals surface area contributed by atoms with E-state index >= 15 is 0 Å². The van der Waals surface area contributed by atoms with E-state index in [1.54, 1.807) is 0 Å². The summed E-state index contributed by atoms with van der Waals surface area (Å²) in [4.78, 5) is 12.4. The van der Waals surface area contributed by atoms with Crippen molar-refractivity contribution in [3.8, 4) is 0 Å². The summed E-state index contributed by atoms with van der Waals surface area (Å²) >= 11 is 0. The number of Topliss-reactive ketones (excluding diaryl/α,β-unsaturated/α-hetero) is 1. The van der Waals surface area contributed by atoms with Crippen molar-refractivity contribution < 1.29 is 18.0 Å². The Hall–Kier alpha value is -1.32. The maximum absolute atomic E-state index is 12.9. The maximum atomic E-state index is 12.9. The molecule has 0 N–H and O–H groups in total. The fourth-order valence-electron chi connectivity index (χ4n) is 2.95. The minimum atomic E-state index is -4.49. The van der Waals surface area contributed by atoms with Gasteiger partial charge in [-0.3, -0.25) is 4.79 Å². The van der Waals surface area contributed by atoms with Crippen molar-refractivity contribution >= 4 is 5.78 Å². The topological polar surface area (TPSA) is 17.1 Å². The van der Waals surface area contributed by atoms with E-state index in [0.29, 0.717) is 0 Å². The van der Waals surface area contributed by atoms with Crippen LogP contribution in [0.15, 0.2) is 24.3 Å². The molecule has 0 heterocycles. The van der Waals surface area contributed by atoms with Gasteiger partial charge in [-0.1, -0.05) is 45.9 Å². The molecular formula is C15H17F3O. The Balaban J connectivity index is 2.43. The lowest BCUT2D eigenvalue weighted by atomic mass is 9.96. The Bertz CT molecular complexity index is 512. The standard InChI is InChI=1S/C15H17F3O/c1-13(2)12(14(13,3)4)11(19)9-7-5-6-8-10(9)15(16,17)18/h5-8,12H,1-4H3. The number of halogens is 3. The molecule has 0 aliphatic heterocycles. The van der Waals surface area contributed by atoms with E-state index in [1.165, 1.54) is 18.2 Å². The quantitative estimate of drug-likeness (QED) is 0.719. The highest BCUT2D eigenvalue weighted by Crippen LogP contribution is 2.69. The van der Waals surface area contributed by atoms with Crippen LogP contribution in [0.3, 0.4) is 0 Å². The fourth-order valence-corrected chi connectivity index (χ4v) is 2.95. The van der Waals surface area contributed by atoms with Crippen LogP contribution >= 0.6 is 0 Å². The first-order valence-electron chi connectivity index (χ1n) is 6.21. The van der Waals surface area contributed by atoms with Gasteiger partial charge >= 0.3 is 6.18 Å². The minimum absolute atomic E-state index is 0.210. The molecule has 1 saturated carbocycles. The lowest BCUT2D eigenvalue weighted by molar-refractivity contribution is -0.137. The van der Waals surface area contributed by atoms with Crippen molar-refractivity contribution in [1.82, 2.24) is 0 Å². The molecule has 0 unspecified atom stereocenters. The van der Waals surface area contributed by atoms with E-state index in [9.17, 15) is 18.0 Å². The van der Waals surface area contributed by atoms with Crippen molar-refractivity contribution in [2.24, 2.45) is 16.7 Å². The molecule has 1 aromatic rings. The van der Waals surface area contributed by atoms with Crippen LogP contribution in [0, 0.1) is 16.7 Å². The lowest BCUT2D eigenvalue weighted by Crippen LogP contribution is -2.16. The molecule has 1 aromatic carbocycles. The van der Waals surface area contributed by atoms with Gasteiger partial charge in [-0.15, -0.1) is 0 Å². The number of hydrogen-bond donors (Lipinski definition) is 0. The van der Waals surface area contributed by atoms with Gasteiger partial charge in [0.15, 0.2) is 5.78 Å². The second-order valence-corrected chi connectivity index (χ2v) is 6.28. The first-order valence-corrected chi connectivity index (χ1v) is 6.21. The van der Waals surface area contributed by atoms with Gasteiger partial charge in [0, 0.05) is 11.5 Å². The summed E-state index contributed by atoms with van der Waals surface area (Å²) in [6, 6.07) is 5.03. The normalized spacial score (nSPS) is 21.2. The second-order valence-electron chi connectivity index (χ2n) is 6.28. The first-order chi connectivity index (χ1) is 8.51. The summed E-state index contributed by atoms with van der Waals surface area (Å²) in [7, 11) is 0. The third kappa shape index (κ3) is 1.97. The highest BCUT2D eigenvalue weighted by atomic mass is 19.4. The summed E-state index contributed by atoms with van der Waals surface area (Å²) in [5, 5.41) is 0. The summed E-state index contributed by atoms with van der Waals surface area (Å²) in [6.07, 6.45) is -4.49. The SMILES string of the molecule is CC1(C)C(C(=O)c2ccccc2C(F)(F)F)C1(C)C. The van der Waals surface area contributed by atoms with E-state index in [4.69, 9.17) is 0 Å². The van der Waals surface area contributed by atoms with Gasteiger partial charge in [0.25, 0.3) is 0 Å². The molecule has 2 rings (SSSR count). The molecule has 1 nitrogen and oxygen atoms in total. The molecule has 1 aliphatic carbocycles. The summed E-state index contributed by atoms with van der Waals surface area (Å²) < 4.78 is 38.8. The average molecular weight is 270 g/mol. The van der Waals surface area contributed by atoms with Crippen LogP contribution in [-0.4, -0.2) is 5.78 Å². The van der Waals surface area contributed by atoms with E-state index < -0.39 is 17.5 Å². The number of carbonyl (C=O) groups is 1. The van der Waals surface area contributed by atoms with E-state index in [-0.39, 0.29) is 22.3 Å². The van der Waals surface area contributed by atoms with Crippen molar-refractivity contribution in [1.29, 1.82) is 0 Å². The monoisotopic (exact) mass is 270 g/mol. The number of rotatable bonds is 2. The third-order valence-electron chi connectivity index (χ3n) is 4.78. The predicted octanol–water partition coefficient (Wildman–Crippen LogP) is 4.57. The van der Waals surface area contributed by atoms with Crippen LogP contribution in [0.1, 0.15) is 43.6 Å². The Morgan fingerprint density at radius 3 is 1.95 bits per heavy atom. The Morgan fingerprint density at radius 2 is 1.53 bits per heavy atom. The molecule has 0 spiro atoms. The fraction of sp³-hybridized carbons (Fsp3) is 0.533. The second kappa shape index (κ2) is 3.84. The van der Waals surface area contributed by atoms with Crippen LogP contribution in [-0.2, 0) is 6.18 Å². The molecule has 0 amide bonds. The van der Waals surface area contributed by atoms with Crippen LogP contribution in [0.2, 0.25) is 0 Å². The van der Waals surface area contributed by atoms with Gasteiger partial charge in [-0.2, -0.15) is 13.2 Å².